The first-order valence-corrected chi connectivity index (χ1v) is 4.57. The van der Waals surface area contributed by atoms with Crippen LogP contribution in [-0.4, -0.2) is 11.9 Å². The third-order valence-electron chi connectivity index (χ3n) is 1.85. The van der Waals surface area contributed by atoms with Crippen LogP contribution >= 0.6 is 0 Å². The number of hydrogen-bond donors (Lipinski definition) is 0. The Labute approximate surface area is 80.2 Å². The lowest BCUT2D eigenvalue weighted by molar-refractivity contribution is -0.171. The van der Waals surface area contributed by atoms with E-state index in [4.69, 9.17) is 9.47 Å². The van der Waals surface area contributed by atoms with E-state index in [1.54, 1.807) is 0 Å². The molecular formula is C11H18O2. The van der Waals surface area contributed by atoms with Crippen LogP contribution in [0.4, 0.5) is 0 Å². The van der Waals surface area contributed by atoms with E-state index in [2.05, 4.69) is 19.6 Å². The molecule has 1 aliphatic rings. The summed E-state index contributed by atoms with van der Waals surface area (Å²) in [7, 11) is 0. The van der Waals surface area contributed by atoms with Gasteiger partial charge in [-0.25, -0.2) is 0 Å². The van der Waals surface area contributed by atoms with Crippen molar-refractivity contribution in [1.29, 1.82) is 0 Å². The number of allylic oxidation sites excluding steroid dienone is 1. The van der Waals surface area contributed by atoms with Crippen molar-refractivity contribution in [3.63, 3.8) is 0 Å². The molecule has 0 saturated heterocycles. The molecule has 0 amide bonds. The van der Waals surface area contributed by atoms with Gasteiger partial charge in [-0.2, -0.15) is 0 Å². The first kappa shape index (κ1) is 10.3. The van der Waals surface area contributed by atoms with Gasteiger partial charge in [0.15, 0.2) is 0 Å². The van der Waals surface area contributed by atoms with Gasteiger partial charge < -0.3 is 9.47 Å². The Morgan fingerprint density at radius 2 is 2.31 bits per heavy atom. The summed E-state index contributed by atoms with van der Waals surface area (Å²) in [5.41, 5.74) is 1.09. The molecule has 0 bridgehead atoms. The fourth-order valence-electron chi connectivity index (χ4n) is 1.62. The van der Waals surface area contributed by atoms with E-state index < -0.39 is 0 Å². The van der Waals surface area contributed by atoms with Crippen LogP contribution in [0.5, 0.6) is 0 Å². The van der Waals surface area contributed by atoms with Crippen LogP contribution in [0.1, 0.15) is 34.1 Å². The molecule has 1 aliphatic heterocycles. The highest BCUT2D eigenvalue weighted by atomic mass is 16.7. The number of rotatable bonds is 2. The van der Waals surface area contributed by atoms with Crippen LogP contribution in [-0.2, 0) is 9.47 Å². The van der Waals surface area contributed by atoms with Crippen LogP contribution in [0.3, 0.4) is 0 Å². The summed E-state index contributed by atoms with van der Waals surface area (Å²) >= 11 is 0. The van der Waals surface area contributed by atoms with Gasteiger partial charge in [0.25, 0.3) is 0 Å². The summed E-state index contributed by atoms with van der Waals surface area (Å²) in [6.45, 7) is 11.7. The van der Waals surface area contributed by atoms with E-state index in [1.807, 2.05) is 20.8 Å². The SMILES string of the molecule is C=C(C)OC1CC(C)=CC(C)(C)O1. The first-order valence-electron chi connectivity index (χ1n) is 4.57. The summed E-state index contributed by atoms with van der Waals surface area (Å²) in [5.74, 6) is 0.704. The van der Waals surface area contributed by atoms with Crippen molar-refractivity contribution < 1.29 is 9.47 Å². The van der Waals surface area contributed by atoms with Gasteiger partial charge in [0.05, 0.1) is 11.4 Å². The van der Waals surface area contributed by atoms with Crippen LogP contribution in [0.25, 0.3) is 0 Å². The minimum absolute atomic E-state index is 0.169. The van der Waals surface area contributed by atoms with Crippen molar-refractivity contribution in [2.24, 2.45) is 0 Å². The lowest BCUT2D eigenvalue weighted by Crippen LogP contribution is -2.34. The Kier molecular flexibility index (Phi) is 2.81. The average molecular weight is 182 g/mol. The molecule has 1 rings (SSSR count). The maximum Gasteiger partial charge on any atom is 0.203 e. The highest BCUT2D eigenvalue weighted by Gasteiger charge is 2.27. The van der Waals surface area contributed by atoms with Gasteiger partial charge >= 0.3 is 0 Å². The summed E-state index contributed by atoms with van der Waals surface area (Å²) in [5, 5.41) is 0. The summed E-state index contributed by atoms with van der Waals surface area (Å²) in [4.78, 5) is 0. The second kappa shape index (κ2) is 3.54. The Bertz CT molecular complexity index is 238. The van der Waals surface area contributed by atoms with Crippen molar-refractivity contribution in [1.82, 2.24) is 0 Å². The molecule has 0 fully saturated rings. The predicted molar refractivity (Wildman–Crippen MR) is 53.2 cm³/mol. The van der Waals surface area contributed by atoms with E-state index in [0.29, 0.717) is 5.76 Å². The maximum absolute atomic E-state index is 5.70. The third kappa shape index (κ3) is 3.23. The molecule has 2 nitrogen and oxygen atoms in total. The largest absolute Gasteiger partial charge is 0.470 e. The smallest absolute Gasteiger partial charge is 0.203 e. The molecule has 74 valence electrons. The molecule has 0 radical (unpaired) electrons. The normalized spacial score (nSPS) is 26.5. The zero-order valence-corrected chi connectivity index (χ0v) is 8.89. The van der Waals surface area contributed by atoms with E-state index >= 15 is 0 Å². The zero-order chi connectivity index (χ0) is 10.1. The van der Waals surface area contributed by atoms with E-state index in [1.165, 1.54) is 5.57 Å². The minimum Gasteiger partial charge on any atom is -0.470 e. The highest BCUT2D eigenvalue weighted by Crippen LogP contribution is 2.27. The molecule has 0 N–H and O–H groups in total. The van der Waals surface area contributed by atoms with Gasteiger partial charge in [-0.3, -0.25) is 0 Å². The van der Waals surface area contributed by atoms with E-state index in [-0.39, 0.29) is 11.9 Å². The van der Waals surface area contributed by atoms with E-state index in [9.17, 15) is 0 Å². The van der Waals surface area contributed by atoms with Crippen LogP contribution in [0.15, 0.2) is 24.0 Å². The lowest BCUT2D eigenvalue weighted by Gasteiger charge is -2.33. The van der Waals surface area contributed by atoms with Crippen molar-refractivity contribution in [2.45, 2.75) is 46.0 Å². The average Bonchev–Trinajstić information content (AvgIpc) is 1.78. The van der Waals surface area contributed by atoms with Gasteiger partial charge in [-0.1, -0.05) is 18.2 Å². The molecule has 13 heavy (non-hydrogen) atoms. The third-order valence-corrected chi connectivity index (χ3v) is 1.85. The number of ether oxygens (including phenoxy) is 2. The Morgan fingerprint density at radius 3 is 2.77 bits per heavy atom. The quantitative estimate of drug-likeness (QED) is 0.483. The van der Waals surface area contributed by atoms with Gasteiger partial charge in [-0.05, 0) is 27.7 Å². The second-order valence-corrected chi connectivity index (χ2v) is 4.17. The van der Waals surface area contributed by atoms with Crippen molar-refractivity contribution in [2.75, 3.05) is 0 Å². The molecule has 0 aliphatic carbocycles. The zero-order valence-electron chi connectivity index (χ0n) is 8.89. The van der Waals surface area contributed by atoms with Crippen LogP contribution in [0, 0.1) is 0 Å². The molecule has 2 heteroatoms. The van der Waals surface area contributed by atoms with E-state index in [0.717, 1.165) is 6.42 Å². The lowest BCUT2D eigenvalue weighted by atomic mass is 10.0. The second-order valence-electron chi connectivity index (χ2n) is 4.17. The summed E-state index contributed by atoms with van der Waals surface area (Å²) < 4.78 is 11.1. The van der Waals surface area contributed by atoms with Gasteiger partial charge in [-0.15, -0.1) is 0 Å². The van der Waals surface area contributed by atoms with Gasteiger partial charge in [0.2, 0.25) is 6.29 Å². The van der Waals surface area contributed by atoms with Crippen molar-refractivity contribution in [3.8, 4) is 0 Å². The first-order chi connectivity index (χ1) is 5.89. The fourth-order valence-corrected chi connectivity index (χ4v) is 1.62. The Morgan fingerprint density at radius 1 is 1.69 bits per heavy atom. The van der Waals surface area contributed by atoms with Crippen molar-refractivity contribution >= 4 is 0 Å². The summed E-state index contributed by atoms with van der Waals surface area (Å²) in [6, 6.07) is 0. The number of hydrogen-bond acceptors (Lipinski definition) is 2. The monoisotopic (exact) mass is 182 g/mol. The molecule has 1 unspecified atom stereocenters. The topological polar surface area (TPSA) is 18.5 Å². The maximum atomic E-state index is 5.70. The molecule has 0 aromatic rings. The fraction of sp³-hybridized carbons (Fsp3) is 0.636. The van der Waals surface area contributed by atoms with Gasteiger partial charge in [0, 0.05) is 6.42 Å². The minimum atomic E-state index is -0.220. The molecule has 0 saturated carbocycles. The Hall–Kier alpha value is -0.760. The molecule has 1 heterocycles. The van der Waals surface area contributed by atoms with Crippen LogP contribution < -0.4 is 0 Å². The van der Waals surface area contributed by atoms with Gasteiger partial charge in [0.1, 0.15) is 0 Å². The summed E-state index contributed by atoms with van der Waals surface area (Å²) in [6.07, 6.45) is 2.79. The molecular weight excluding hydrogens is 164 g/mol. The standard InChI is InChI=1S/C11H18O2/c1-8(2)12-10-6-9(3)7-11(4,5)13-10/h7,10H,1,6H2,2-5H3. The van der Waals surface area contributed by atoms with Crippen LogP contribution in [0.2, 0.25) is 0 Å². The Balaban J connectivity index is 2.64. The molecule has 0 aromatic heterocycles. The van der Waals surface area contributed by atoms with Crippen molar-refractivity contribution in [3.05, 3.63) is 24.0 Å². The molecule has 0 spiro atoms. The highest BCUT2D eigenvalue weighted by molar-refractivity contribution is 5.10. The predicted octanol–water partition coefficient (Wildman–Crippen LogP) is 3.01. The molecule has 0 aromatic carbocycles. The molecule has 1 atom stereocenters.